The lowest BCUT2D eigenvalue weighted by Crippen LogP contribution is -2.35. The highest BCUT2D eigenvalue weighted by Gasteiger charge is 2.18. The molecular weight excluding hydrogens is 316 g/mol. The van der Waals surface area contributed by atoms with Crippen LogP contribution in [-0.2, 0) is 0 Å². The van der Waals surface area contributed by atoms with Crippen molar-refractivity contribution in [3.05, 3.63) is 65.1 Å². The molecule has 7 nitrogen and oxygen atoms in total. The first-order chi connectivity index (χ1) is 9.32. The molecule has 1 N–H and O–H groups in total. The number of H-pyrrole nitrogens is 1. The predicted octanol–water partition coefficient (Wildman–Crippen LogP) is 1.88. The summed E-state index contributed by atoms with van der Waals surface area (Å²) in [5, 5.41) is 9.83. The van der Waals surface area contributed by atoms with Gasteiger partial charge in [0.25, 0.3) is 11.2 Å². The number of hydrogen-bond donors (Lipinski definition) is 1. The molecule has 0 amide bonds. The van der Waals surface area contributed by atoms with Gasteiger partial charge in [0.1, 0.15) is 5.02 Å². The molecule has 0 bridgehead atoms. The number of hydrogen-bond acceptors (Lipinski definition) is 4. The van der Waals surface area contributed by atoms with Crippen molar-refractivity contribution in [1.82, 2.24) is 9.55 Å². The lowest BCUT2D eigenvalue weighted by molar-refractivity contribution is -0.384. The molecule has 0 saturated heterocycles. The van der Waals surface area contributed by atoms with Gasteiger partial charge in [0.05, 0.1) is 10.6 Å². The molecule has 1 heterocycles. The molecule has 0 atom stereocenters. The lowest BCUT2D eigenvalue weighted by atomic mass is 10.2. The molecule has 0 unspecified atom stereocenters. The van der Waals surface area contributed by atoms with E-state index in [1.807, 2.05) is 4.98 Å². The van der Waals surface area contributed by atoms with E-state index in [-0.39, 0.29) is 10.7 Å². The van der Waals surface area contributed by atoms with Crippen LogP contribution in [-0.4, -0.2) is 14.5 Å². The molecule has 0 aliphatic heterocycles. The van der Waals surface area contributed by atoms with Crippen molar-refractivity contribution in [2.45, 2.75) is 0 Å². The van der Waals surface area contributed by atoms with Crippen LogP contribution in [0.1, 0.15) is 0 Å². The second kappa shape index (κ2) is 5.06. The molecule has 20 heavy (non-hydrogen) atoms. The summed E-state index contributed by atoms with van der Waals surface area (Å²) in [7, 11) is 0. The summed E-state index contributed by atoms with van der Waals surface area (Å²) < 4.78 is 13.8. The number of halogens is 3. The Morgan fingerprint density at radius 1 is 1.30 bits per heavy atom. The third-order valence-electron chi connectivity index (χ3n) is 2.39. The molecule has 0 fully saturated rings. The molecule has 0 radical (unpaired) electrons. The van der Waals surface area contributed by atoms with Gasteiger partial charge in [-0.3, -0.25) is 19.9 Å². The van der Waals surface area contributed by atoms with Crippen LogP contribution >= 0.6 is 23.2 Å². The topological polar surface area (TPSA) is 98.0 Å². The fourth-order valence-electron chi connectivity index (χ4n) is 1.50. The van der Waals surface area contributed by atoms with Crippen molar-refractivity contribution in [3.63, 3.8) is 0 Å². The zero-order valence-electron chi connectivity index (χ0n) is 9.39. The Balaban J connectivity index is 2.80. The van der Waals surface area contributed by atoms with E-state index in [1.165, 1.54) is 6.07 Å². The minimum absolute atomic E-state index is 0.183. The summed E-state index contributed by atoms with van der Waals surface area (Å²) in [6, 6.07) is 3.17. The maximum Gasteiger partial charge on any atom is 0.334 e. The van der Waals surface area contributed by atoms with Gasteiger partial charge in [0.2, 0.25) is 5.82 Å². The lowest BCUT2D eigenvalue weighted by Gasteiger charge is -2.05. The van der Waals surface area contributed by atoms with Gasteiger partial charge in [-0.1, -0.05) is 23.2 Å². The van der Waals surface area contributed by atoms with Gasteiger partial charge >= 0.3 is 5.69 Å². The van der Waals surface area contributed by atoms with Crippen LogP contribution in [0.5, 0.6) is 0 Å². The molecule has 1 aromatic carbocycles. The Bertz CT molecular complexity index is 830. The normalized spacial score (nSPS) is 10.6. The number of nitrogens with one attached hydrogen (secondary N) is 1. The third kappa shape index (κ3) is 2.30. The van der Waals surface area contributed by atoms with Crippen LogP contribution in [0.3, 0.4) is 0 Å². The fourth-order valence-corrected chi connectivity index (χ4v) is 1.85. The Morgan fingerprint density at radius 2 is 1.95 bits per heavy atom. The zero-order valence-corrected chi connectivity index (χ0v) is 10.9. The number of benzene rings is 1. The SMILES string of the molecule is O=c1[nH]c(Cl)c(F)c(=O)n1-c1ccc(Cl)c([N+](=O)[O-])c1. The third-order valence-corrected chi connectivity index (χ3v) is 2.97. The van der Waals surface area contributed by atoms with Gasteiger partial charge in [-0.15, -0.1) is 0 Å². The quantitative estimate of drug-likeness (QED) is 0.519. The Kier molecular flexibility index (Phi) is 3.60. The Morgan fingerprint density at radius 3 is 2.55 bits per heavy atom. The zero-order chi connectivity index (χ0) is 15.0. The highest BCUT2D eigenvalue weighted by Crippen LogP contribution is 2.25. The van der Waals surface area contributed by atoms with Crippen LogP contribution in [0.15, 0.2) is 27.8 Å². The smallest absolute Gasteiger partial charge is 0.295 e. The van der Waals surface area contributed by atoms with Gasteiger partial charge in [-0.25, -0.2) is 9.36 Å². The van der Waals surface area contributed by atoms with Crippen LogP contribution in [0.4, 0.5) is 10.1 Å². The molecule has 0 spiro atoms. The minimum Gasteiger partial charge on any atom is -0.295 e. The average molecular weight is 320 g/mol. The first-order valence-electron chi connectivity index (χ1n) is 4.97. The standard InChI is InChI=1S/C10H4Cl2FN3O4/c11-5-2-1-4(3-6(5)16(19)20)15-9(17)7(13)8(12)14-10(15)18/h1-3H,(H,14,18). The van der Waals surface area contributed by atoms with E-state index in [9.17, 15) is 24.1 Å². The van der Waals surface area contributed by atoms with Crippen LogP contribution in [0, 0.1) is 15.9 Å². The highest BCUT2D eigenvalue weighted by atomic mass is 35.5. The summed E-state index contributed by atoms with van der Waals surface area (Å²) in [6.45, 7) is 0. The molecule has 0 aliphatic carbocycles. The van der Waals surface area contributed by atoms with E-state index in [0.29, 0.717) is 4.57 Å². The van der Waals surface area contributed by atoms with Gasteiger partial charge in [0.15, 0.2) is 5.15 Å². The highest BCUT2D eigenvalue weighted by molar-refractivity contribution is 6.32. The summed E-state index contributed by atoms with van der Waals surface area (Å²) in [5.74, 6) is -1.37. The number of aromatic nitrogens is 2. The van der Waals surface area contributed by atoms with Crippen molar-refractivity contribution in [3.8, 4) is 5.69 Å². The van der Waals surface area contributed by atoms with E-state index >= 15 is 0 Å². The fraction of sp³-hybridized carbons (Fsp3) is 0. The largest absolute Gasteiger partial charge is 0.334 e. The summed E-state index contributed by atoms with van der Waals surface area (Å²) in [4.78, 5) is 35.1. The number of aromatic amines is 1. The Hall–Kier alpha value is -2.19. The average Bonchev–Trinajstić information content (AvgIpc) is 2.37. The minimum atomic E-state index is -1.37. The van der Waals surface area contributed by atoms with E-state index < -0.39 is 32.8 Å². The van der Waals surface area contributed by atoms with Crippen LogP contribution in [0.25, 0.3) is 5.69 Å². The van der Waals surface area contributed by atoms with Crippen LogP contribution < -0.4 is 11.2 Å². The van der Waals surface area contributed by atoms with E-state index in [0.717, 1.165) is 12.1 Å². The van der Waals surface area contributed by atoms with E-state index in [1.54, 1.807) is 0 Å². The van der Waals surface area contributed by atoms with Crippen LogP contribution in [0.2, 0.25) is 10.2 Å². The maximum atomic E-state index is 13.4. The van der Waals surface area contributed by atoms with Crippen molar-refractivity contribution in [1.29, 1.82) is 0 Å². The van der Waals surface area contributed by atoms with Crippen molar-refractivity contribution >= 4 is 28.9 Å². The molecular formula is C10H4Cl2FN3O4. The molecule has 1 aromatic heterocycles. The maximum absolute atomic E-state index is 13.4. The van der Waals surface area contributed by atoms with Gasteiger partial charge in [-0.2, -0.15) is 4.39 Å². The van der Waals surface area contributed by atoms with Crippen molar-refractivity contribution in [2.24, 2.45) is 0 Å². The molecule has 0 saturated carbocycles. The molecule has 104 valence electrons. The summed E-state index contributed by atoms with van der Waals surface area (Å²) >= 11 is 10.9. The van der Waals surface area contributed by atoms with Gasteiger partial charge in [-0.05, 0) is 12.1 Å². The second-order valence-electron chi connectivity index (χ2n) is 3.59. The first kappa shape index (κ1) is 14.2. The Labute approximate surface area is 119 Å². The van der Waals surface area contributed by atoms with Gasteiger partial charge in [0, 0.05) is 6.07 Å². The number of rotatable bonds is 2. The summed E-state index contributed by atoms with van der Waals surface area (Å²) in [5.41, 5.74) is -3.08. The number of nitro benzene ring substituents is 1. The molecule has 0 aliphatic rings. The molecule has 2 aromatic rings. The van der Waals surface area contributed by atoms with E-state index in [2.05, 4.69) is 0 Å². The second-order valence-corrected chi connectivity index (χ2v) is 4.38. The summed E-state index contributed by atoms with van der Waals surface area (Å²) in [6.07, 6.45) is 0. The molecule has 10 heteroatoms. The van der Waals surface area contributed by atoms with Gasteiger partial charge < -0.3 is 0 Å². The molecule has 2 rings (SSSR count). The first-order valence-corrected chi connectivity index (χ1v) is 5.73. The monoisotopic (exact) mass is 319 g/mol. The van der Waals surface area contributed by atoms with E-state index in [4.69, 9.17) is 23.2 Å². The number of nitrogens with zero attached hydrogens (tertiary/aromatic N) is 2. The van der Waals surface area contributed by atoms with Crippen molar-refractivity contribution < 1.29 is 9.31 Å². The predicted molar refractivity (Wildman–Crippen MR) is 69.3 cm³/mol. The number of nitro groups is 1. The van der Waals surface area contributed by atoms with Crippen molar-refractivity contribution in [2.75, 3.05) is 0 Å².